The maximum atomic E-state index is 12.2. The number of ketones is 1. The van der Waals surface area contributed by atoms with E-state index in [0.717, 1.165) is 5.69 Å². The lowest BCUT2D eigenvalue weighted by Gasteiger charge is -2.19. The van der Waals surface area contributed by atoms with Gasteiger partial charge in [-0.2, -0.15) is 0 Å². The first-order chi connectivity index (χ1) is 9.99. The Kier molecular flexibility index (Phi) is 5.27. The molecular weight excluding hydrogens is 305 g/mol. The van der Waals surface area contributed by atoms with Gasteiger partial charge in [0, 0.05) is 31.3 Å². The van der Waals surface area contributed by atoms with E-state index < -0.39 is 0 Å². The number of carbonyl (C=O) groups is 1. The zero-order chi connectivity index (χ0) is 15.4. The fourth-order valence-corrected chi connectivity index (χ4v) is 2.46. The Morgan fingerprint density at radius 1 is 1.10 bits per heavy atom. The molecule has 0 saturated heterocycles. The minimum Gasteiger partial charge on any atom is -0.374 e. The van der Waals surface area contributed by atoms with E-state index >= 15 is 0 Å². The van der Waals surface area contributed by atoms with Gasteiger partial charge >= 0.3 is 0 Å². The summed E-state index contributed by atoms with van der Waals surface area (Å²) in [6.07, 6.45) is 0.393. The van der Waals surface area contributed by atoms with Gasteiger partial charge in [0.1, 0.15) is 0 Å². The van der Waals surface area contributed by atoms with E-state index in [1.165, 1.54) is 5.56 Å². The van der Waals surface area contributed by atoms with Crippen LogP contribution in [0.4, 0.5) is 5.69 Å². The van der Waals surface area contributed by atoms with Crippen LogP contribution >= 0.6 is 23.2 Å². The van der Waals surface area contributed by atoms with Crippen molar-refractivity contribution in [3.63, 3.8) is 0 Å². The minimum absolute atomic E-state index is 0.00135. The standard InChI is InChI=1S/C17H17Cl2NO/c1-12-6-8-13(9-7-12)20(2)11-10-16(21)14-4-3-5-15(18)17(14)19/h3-9H,10-11H2,1-2H3. The van der Waals surface area contributed by atoms with Crippen molar-refractivity contribution in [2.24, 2.45) is 0 Å². The number of anilines is 1. The lowest BCUT2D eigenvalue weighted by atomic mass is 10.1. The fourth-order valence-electron chi connectivity index (χ4n) is 2.05. The molecule has 0 atom stereocenters. The molecule has 0 aliphatic heterocycles. The van der Waals surface area contributed by atoms with Gasteiger partial charge in [-0.25, -0.2) is 0 Å². The maximum Gasteiger partial charge on any atom is 0.166 e. The third kappa shape index (κ3) is 3.99. The third-order valence-electron chi connectivity index (χ3n) is 3.40. The zero-order valence-corrected chi connectivity index (χ0v) is 13.6. The van der Waals surface area contributed by atoms with Crippen LogP contribution in [-0.4, -0.2) is 19.4 Å². The highest BCUT2D eigenvalue weighted by Gasteiger charge is 2.13. The van der Waals surface area contributed by atoms with Crippen LogP contribution < -0.4 is 4.90 Å². The van der Waals surface area contributed by atoms with Gasteiger partial charge in [-0.3, -0.25) is 4.79 Å². The quantitative estimate of drug-likeness (QED) is 0.721. The smallest absolute Gasteiger partial charge is 0.166 e. The van der Waals surface area contributed by atoms with Crippen molar-refractivity contribution in [1.82, 2.24) is 0 Å². The Balaban J connectivity index is 2.00. The molecule has 0 radical (unpaired) electrons. The average Bonchev–Trinajstić information content (AvgIpc) is 2.48. The first-order valence-corrected chi connectivity index (χ1v) is 7.49. The number of hydrogen-bond acceptors (Lipinski definition) is 2. The molecule has 0 spiro atoms. The molecule has 0 aliphatic carbocycles. The Bertz CT molecular complexity index is 638. The zero-order valence-electron chi connectivity index (χ0n) is 12.1. The Hall–Kier alpha value is -1.51. The summed E-state index contributed by atoms with van der Waals surface area (Å²) in [5.41, 5.74) is 2.79. The number of rotatable bonds is 5. The number of carbonyl (C=O) groups excluding carboxylic acids is 1. The fraction of sp³-hybridized carbons (Fsp3) is 0.235. The van der Waals surface area contributed by atoms with Crippen molar-refractivity contribution >= 4 is 34.7 Å². The summed E-state index contributed by atoms with van der Waals surface area (Å²) < 4.78 is 0. The van der Waals surface area contributed by atoms with Gasteiger partial charge in [0.15, 0.2) is 5.78 Å². The van der Waals surface area contributed by atoms with E-state index in [9.17, 15) is 4.79 Å². The van der Waals surface area contributed by atoms with Crippen molar-refractivity contribution < 1.29 is 4.79 Å². The second-order valence-electron chi connectivity index (χ2n) is 5.03. The van der Waals surface area contributed by atoms with Crippen molar-refractivity contribution in [3.05, 3.63) is 63.6 Å². The van der Waals surface area contributed by atoms with Gasteiger partial charge in [0.2, 0.25) is 0 Å². The summed E-state index contributed by atoms with van der Waals surface area (Å²) in [5.74, 6) is 0.00135. The Labute approximate surface area is 135 Å². The molecule has 0 aromatic heterocycles. The van der Waals surface area contributed by atoms with Crippen LogP contribution in [0.3, 0.4) is 0 Å². The molecule has 110 valence electrons. The van der Waals surface area contributed by atoms with Crippen LogP contribution in [0.5, 0.6) is 0 Å². The van der Waals surface area contributed by atoms with Crippen LogP contribution in [0.2, 0.25) is 10.0 Å². The predicted molar refractivity (Wildman–Crippen MR) is 89.9 cm³/mol. The molecule has 0 saturated carbocycles. The second-order valence-corrected chi connectivity index (χ2v) is 5.82. The highest BCUT2D eigenvalue weighted by Crippen LogP contribution is 2.26. The lowest BCUT2D eigenvalue weighted by molar-refractivity contribution is 0.0985. The van der Waals surface area contributed by atoms with Crippen LogP contribution in [0.25, 0.3) is 0 Å². The van der Waals surface area contributed by atoms with Crippen molar-refractivity contribution in [2.75, 3.05) is 18.5 Å². The van der Waals surface area contributed by atoms with E-state index in [0.29, 0.717) is 28.6 Å². The summed E-state index contributed by atoms with van der Waals surface area (Å²) >= 11 is 12.0. The van der Waals surface area contributed by atoms with Crippen LogP contribution in [0.1, 0.15) is 22.3 Å². The van der Waals surface area contributed by atoms with Crippen molar-refractivity contribution in [1.29, 1.82) is 0 Å². The van der Waals surface area contributed by atoms with E-state index in [4.69, 9.17) is 23.2 Å². The van der Waals surface area contributed by atoms with Crippen LogP contribution in [-0.2, 0) is 0 Å². The molecule has 0 unspecified atom stereocenters. The normalized spacial score (nSPS) is 10.5. The predicted octanol–water partition coefficient (Wildman–Crippen LogP) is 5.01. The SMILES string of the molecule is Cc1ccc(N(C)CCC(=O)c2cccc(Cl)c2Cl)cc1. The number of hydrogen-bond donors (Lipinski definition) is 0. The molecule has 2 aromatic rings. The van der Waals surface area contributed by atoms with Crippen LogP contribution in [0, 0.1) is 6.92 Å². The summed E-state index contributed by atoms with van der Waals surface area (Å²) in [4.78, 5) is 14.3. The van der Waals surface area contributed by atoms with Gasteiger partial charge < -0.3 is 4.90 Å². The lowest BCUT2D eigenvalue weighted by Crippen LogP contribution is -2.21. The molecule has 2 aromatic carbocycles. The second kappa shape index (κ2) is 6.97. The molecule has 0 fully saturated rings. The minimum atomic E-state index is 0.00135. The molecule has 2 rings (SSSR count). The highest BCUT2D eigenvalue weighted by atomic mass is 35.5. The number of Topliss-reactive ketones (excluding diaryl/α,β-unsaturated/α-hetero) is 1. The van der Waals surface area contributed by atoms with Crippen molar-refractivity contribution in [2.45, 2.75) is 13.3 Å². The number of halogens is 2. The average molecular weight is 322 g/mol. The van der Waals surface area contributed by atoms with E-state index in [1.807, 2.05) is 19.2 Å². The largest absolute Gasteiger partial charge is 0.374 e. The molecule has 4 heteroatoms. The first-order valence-electron chi connectivity index (χ1n) is 6.74. The topological polar surface area (TPSA) is 20.3 Å². The summed E-state index contributed by atoms with van der Waals surface area (Å²) in [6.45, 7) is 2.68. The van der Waals surface area contributed by atoms with Gasteiger partial charge in [-0.05, 0) is 31.2 Å². The first kappa shape index (κ1) is 15.9. The van der Waals surface area contributed by atoms with Gasteiger partial charge in [0.25, 0.3) is 0 Å². The van der Waals surface area contributed by atoms with Gasteiger partial charge in [-0.15, -0.1) is 0 Å². The maximum absolute atomic E-state index is 12.2. The van der Waals surface area contributed by atoms with E-state index in [-0.39, 0.29) is 5.78 Å². The molecule has 21 heavy (non-hydrogen) atoms. The number of aryl methyl sites for hydroxylation is 1. The summed E-state index contributed by atoms with van der Waals surface area (Å²) in [6, 6.07) is 13.3. The molecule has 0 N–H and O–H groups in total. The summed E-state index contributed by atoms with van der Waals surface area (Å²) in [5, 5.41) is 0.747. The Morgan fingerprint density at radius 2 is 1.76 bits per heavy atom. The van der Waals surface area contributed by atoms with Crippen molar-refractivity contribution in [3.8, 4) is 0 Å². The molecule has 0 aliphatic rings. The highest BCUT2D eigenvalue weighted by molar-refractivity contribution is 6.43. The van der Waals surface area contributed by atoms with Gasteiger partial charge in [0.05, 0.1) is 10.0 Å². The third-order valence-corrected chi connectivity index (χ3v) is 4.22. The molecule has 2 nitrogen and oxygen atoms in total. The van der Waals surface area contributed by atoms with Crippen LogP contribution in [0.15, 0.2) is 42.5 Å². The van der Waals surface area contributed by atoms with Gasteiger partial charge in [-0.1, -0.05) is 47.0 Å². The van der Waals surface area contributed by atoms with E-state index in [1.54, 1.807) is 18.2 Å². The Morgan fingerprint density at radius 3 is 2.43 bits per heavy atom. The molecule has 0 amide bonds. The van der Waals surface area contributed by atoms with E-state index in [2.05, 4.69) is 24.0 Å². The molecule has 0 heterocycles. The molecule has 0 bridgehead atoms. The number of benzene rings is 2. The number of nitrogens with zero attached hydrogens (tertiary/aromatic N) is 1. The summed E-state index contributed by atoms with van der Waals surface area (Å²) in [7, 11) is 1.97. The molecular formula is C17H17Cl2NO. The monoisotopic (exact) mass is 321 g/mol.